The van der Waals surface area contributed by atoms with E-state index in [1.54, 1.807) is 43.5 Å². The molecule has 3 nitrogen and oxygen atoms in total. The number of hydrogen-bond acceptors (Lipinski definition) is 7. The van der Waals surface area contributed by atoms with Crippen LogP contribution in [-0.4, -0.2) is 0 Å². The third kappa shape index (κ3) is 2.11. The molecule has 0 unspecified atom stereocenters. The van der Waals surface area contributed by atoms with Crippen molar-refractivity contribution < 1.29 is 4.74 Å². The fourth-order valence-electron chi connectivity index (χ4n) is 0.522. The van der Waals surface area contributed by atoms with Crippen LogP contribution < -0.4 is 9.44 Å². The first kappa shape index (κ1) is 7.90. The highest BCUT2D eigenvalue weighted by atomic mass is 33.1. The van der Waals surface area contributed by atoms with Gasteiger partial charge in [0.2, 0.25) is 11.8 Å². The Kier molecular flexibility index (Phi) is 2.72. The van der Waals surface area contributed by atoms with Gasteiger partial charge >= 0.3 is 0 Å². The highest BCUT2D eigenvalue weighted by molar-refractivity contribution is 8.77. The van der Waals surface area contributed by atoms with Gasteiger partial charge in [-0.1, -0.05) is 0 Å². The predicted octanol–water partition coefficient (Wildman–Crippen LogP) is 2.40. The first-order valence-electron chi connectivity index (χ1n) is 2.70. The molecular formula is C4H4N2OS4. The van der Waals surface area contributed by atoms with Gasteiger partial charge in [-0.3, -0.25) is 9.44 Å². The van der Waals surface area contributed by atoms with Gasteiger partial charge in [0, 0.05) is 32.8 Å². The van der Waals surface area contributed by atoms with Crippen molar-refractivity contribution in [1.82, 2.24) is 9.44 Å². The third-order valence-electron chi connectivity index (χ3n) is 0.911. The summed E-state index contributed by atoms with van der Waals surface area (Å²) in [4.78, 5) is 0. The summed E-state index contributed by atoms with van der Waals surface area (Å²) >= 11 is 0. The first-order valence-corrected chi connectivity index (χ1v) is 7.12. The van der Waals surface area contributed by atoms with Crippen LogP contribution in [0.15, 0.2) is 22.6 Å². The summed E-state index contributed by atoms with van der Waals surface area (Å²) in [5.74, 6) is 1.59. The average Bonchev–Trinajstić information content (AvgIpc) is 2.60. The van der Waals surface area contributed by atoms with Crippen molar-refractivity contribution >= 4 is 43.5 Å². The van der Waals surface area contributed by atoms with E-state index in [9.17, 15) is 0 Å². The van der Waals surface area contributed by atoms with E-state index in [1.165, 1.54) is 0 Å². The van der Waals surface area contributed by atoms with Crippen LogP contribution >= 0.6 is 43.5 Å². The average molecular weight is 224 g/mol. The Morgan fingerprint density at radius 3 is 1.91 bits per heavy atom. The van der Waals surface area contributed by atoms with Crippen LogP contribution in [0.25, 0.3) is 0 Å². The molecule has 2 aliphatic heterocycles. The molecule has 2 aliphatic rings. The lowest BCUT2D eigenvalue weighted by atomic mass is 10.9. The van der Waals surface area contributed by atoms with Gasteiger partial charge in [-0.05, 0) is 21.6 Å². The van der Waals surface area contributed by atoms with E-state index in [0.717, 1.165) is 11.8 Å². The maximum Gasteiger partial charge on any atom is 0.213 e. The minimum absolute atomic E-state index is 0.793. The number of ether oxygens (including phenoxy) is 1. The minimum Gasteiger partial charge on any atom is -0.422 e. The van der Waals surface area contributed by atoms with Crippen molar-refractivity contribution in [2.75, 3.05) is 0 Å². The van der Waals surface area contributed by atoms with Crippen LogP contribution in [0.3, 0.4) is 0 Å². The monoisotopic (exact) mass is 224 g/mol. The fraction of sp³-hybridized carbons (Fsp3) is 0. The summed E-state index contributed by atoms with van der Waals surface area (Å²) in [6.07, 6.45) is 0. The van der Waals surface area contributed by atoms with E-state index in [4.69, 9.17) is 4.74 Å². The van der Waals surface area contributed by atoms with Gasteiger partial charge in [0.25, 0.3) is 0 Å². The zero-order chi connectivity index (χ0) is 7.52. The van der Waals surface area contributed by atoms with Crippen molar-refractivity contribution in [2.24, 2.45) is 0 Å². The molecule has 0 aromatic rings. The maximum atomic E-state index is 5.39. The third-order valence-corrected chi connectivity index (χ3v) is 3.95. The van der Waals surface area contributed by atoms with Gasteiger partial charge in [0.1, 0.15) is 0 Å². The van der Waals surface area contributed by atoms with Gasteiger partial charge in [0.05, 0.1) is 0 Å². The Bertz CT molecular complexity index is 194. The van der Waals surface area contributed by atoms with Crippen LogP contribution in [0.2, 0.25) is 0 Å². The van der Waals surface area contributed by atoms with Crippen LogP contribution in [0, 0.1) is 0 Å². The molecule has 0 bridgehead atoms. The van der Waals surface area contributed by atoms with Crippen molar-refractivity contribution in [1.29, 1.82) is 0 Å². The molecule has 7 heteroatoms. The molecule has 0 atom stereocenters. The Morgan fingerprint density at radius 2 is 1.55 bits per heavy atom. The number of hydrogen-bond donors (Lipinski definition) is 2. The zero-order valence-corrected chi connectivity index (χ0v) is 8.46. The highest BCUT2D eigenvalue weighted by Gasteiger charge is 2.11. The first-order chi connectivity index (χ1) is 5.45. The van der Waals surface area contributed by atoms with Crippen LogP contribution in [0.4, 0.5) is 0 Å². The van der Waals surface area contributed by atoms with E-state index >= 15 is 0 Å². The normalized spacial score (nSPS) is 21.8. The molecule has 2 N–H and O–H groups in total. The molecule has 0 aliphatic carbocycles. The molecule has 0 aromatic heterocycles. The quantitative estimate of drug-likeness (QED) is 0.550. The molecule has 0 spiro atoms. The molecule has 0 fully saturated rings. The fourth-order valence-corrected chi connectivity index (χ4v) is 3.21. The summed E-state index contributed by atoms with van der Waals surface area (Å²) in [6.45, 7) is 0. The molecule has 2 rings (SSSR count). The second-order valence-electron chi connectivity index (χ2n) is 1.63. The van der Waals surface area contributed by atoms with Crippen molar-refractivity contribution in [3.05, 3.63) is 22.6 Å². The van der Waals surface area contributed by atoms with E-state index in [2.05, 4.69) is 9.44 Å². The predicted molar refractivity (Wildman–Crippen MR) is 53.9 cm³/mol. The molecular weight excluding hydrogens is 220 g/mol. The van der Waals surface area contributed by atoms with Crippen LogP contribution in [0.1, 0.15) is 0 Å². The van der Waals surface area contributed by atoms with Gasteiger partial charge in [0.15, 0.2) is 0 Å². The van der Waals surface area contributed by atoms with Crippen molar-refractivity contribution in [2.45, 2.75) is 0 Å². The van der Waals surface area contributed by atoms with Gasteiger partial charge < -0.3 is 4.74 Å². The second kappa shape index (κ2) is 3.79. The van der Waals surface area contributed by atoms with Crippen molar-refractivity contribution in [3.63, 3.8) is 0 Å². The molecule has 0 aromatic carbocycles. The van der Waals surface area contributed by atoms with E-state index < -0.39 is 0 Å². The Morgan fingerprint density at radius 1 is 1.00 bits per heavy atom. The lowest BCUT2D eigenvalue weighted by molar-refractivity contribution is 0.286. The molecule has 2 heterocycles. The van der Waals surface area contributed by atoms with E-state index in [-0.39, 0.29) is 0 Å². The second-order valence-corrected chi connectivity index (χ2v) is 5.38. The summed E-state index contributed by atoms with van der Waals surface area (Å²) in [5.41, 5.74) is 0. The maximum absolute atomic E-state index is 5.39. The van der Waals surface area contributed by atoms with Gasteiger partial charge in [-0.15, -0.1) is 0 Å². The smallest absolute Gasteiger partial charge is 0.213 e. The standard InChI is InChI=1S/C4H4N2OS4/c1-3(5-10-8-1)7-4-2-9-11-6-4/h1-2,5-6H. The minimum atomic E-state index is 0.793. The van der Waals surface area contributed by atoms with Gasteiger partial charge in [-0.2, -0.15) is 0 Å². The van der Waals surface area contributed by atoms with Crippen LogP contribution in [0.5, 0.6) is 0 Å². The zero-order valence-electron chi connectivity index (χ0n) is 5.20. The highest BCUT2D eigenvalue weighted by Crippen LogP contribution is 2.33. The summed E-state index contributed by atoms with van der Waals surface area (Å²) in [5, 5.41) is 3.86. The van der Waals surface area contributed by atoms with E-state index in [1.807, 2.05) is 10.8 Å². The van der Waals surface area contributed by atoms with E-state index in [0.29, 0.717) is 0 Å². The van der Waals surface area contributed by atoms with Gasteiger partial charge in [-0.25, -0.2) is 0 Å². The number of rotatable bonds is 2. The molecule has 0 saturated carbocycles. The molecule has 0 saturated heterocycles. The summed E-state index contributed by atoms with van der Waals surface area (Å²) in [7, 11) is 6.32. The number of nitrogens with one attached hydrogen (secondary N) is 2. The summed E-state index contributed by atoms with van der Waals surface area (Å²) in [6, 6.07) is 0. The largest absolute Gasteiger partial charge is 0.422 e. The molecule has 60 valence electrons. The van der Waals surface area contributed by atoms with Crippen molar-refractivity contribution in [3.8, 4) is 0 Å². The topological polar surface area (TPSA) is 33.3 Å². The Balaban J connectivity index is 1.89. The van der Waals surface area contributed by atoms with Crippen LogP contribution in [-0.2, 0) is 4.74 Å². The Hall–Kier alpha value is 0.280. The molecule has 11 heavy (non-hydrogen) atoms. The molecule has 0 radical (unpaired) electrons. The SMILES string of the molecule is C1=C(OC2=CSSN2)NSS1. The lowest BCUT2D eigenvalue weighted by Gasteiger charge is -2.04. The Labute approximate surface area is 80.2 Å². The molecule has 0 amide bonds. The lowest BCUT2D eigenvalue weighted by Crippen LogP contribution is -2.07. The summed E-state index contributed by atoms with van der Waals surface area (Å²) < 4.78 is 11.4.